The van der Waals surface area contributed by atoms with Crippen LogP contribution in [-0.4, -0.2) is 34.4 Å². The number of hydrogen-bond acceptors (Lipinski definition) is 4. The first-order chi connectivity index (χ1) is 10.7. The van der Waals surface area contributed by atoms with Crippen molar-refractivity contribution in [2.45, 2.75) is 25.8 Å². The van der Waals surface area contributed by atoms with Crippen molar-refractivity contribution >= 4 is 5.91 Å². The minimum absolute atomic E-state index is 0.0643. The van der Waals surface area contributed by atoms with Crippen molar-refractivity contribution in [2.24, 2.45) is 0 Å². The van der Waals surface area contributed by atoms with Crippen molar-refractivity contribution in [3.8, 4) is 5.75 Å². The molecule has 5 heteroatoms. The second kappa shape index (κ2) is 8.12. The number of carbonyl (C=O) groups is 1. The molecule has 2 aromatic rings. The third-order valence-corrected chi connectivity index (χ3v) is 3.55. The minimum atomic E-state index is -0.0643. The number of amides is 1. The Morgan fingerprint density at radius 1 is 1.27 bits per heavy atom. The molecule has 0 N–H and O–H groups in total. The van der Waals surface area contributed by atoms with Crippen LogP contribution < -0.4 is 4.74 Å². The molecule has 0 radical (unpaired) electrons. The number of carbonyl (C=O) groups excluding carboxylic acids is 1. The van der Waals surface area contributed by atoms with Gasteiger partial charge in [0.15, 0.2) is 0 Å². The average molecular weight is 299 g/mol. The summed E-state index contributed by atoms with van der Waals surface area (Å²) >= 11 is 0. The van der Waals surface area contributed by atoms with Crippen LogP contribution in [0.15, 0.2) is 48.9 Å². The van der Waals surface area contributed by atoms with E-state index in [-0.39, 0.29) is 11.9 Å². The second-order valence-corrected chi connectivity index (χ2v) is 5.08. The van der Waals surface area contributed by atoms with Gasteiger partial charge in [0.2, 0.25) is 5.91 Å². The fourth-order valence-electron chi connectivity index (χ4n) is 2.07. The van der Waals surface area contributed by atoms with Gasteiger partial charge in [0.05, 0.1) is 18.3 Å². The molecule has 1 heterocycles. The maximum Gasteiger partial charge on any atom is 0.222 e. The lowest BCUT2D eigenvalue weighted by Gasteiger charge is -2.24. The van der Waals surface area contributed by atoms with E-state index in [1.807, 2.05) is 43.3 Å². The molecule has 0 aliphatic carbocycles. The number of benzene rings is 1. The zero-order valence-corrected chi connectivity index (χ0v) is 13.0. The van der Waals surface area contributed by atoms with E-state index in [4.69, 9.17) is 4.74 Å². The van der Waals surface area contributed by atoms with E-state index >= 15 is 0 Å². The summed E-state index contributed by atoms with van der Waals surface area (Å²) in [5.41, 5.74) is 0.839. The van der Waals surface area contributed by atoms with Crippen LogP contribution in [0.5, 0.6) is 5.75 Å². The Hall–Kier alpha value is -2.43. The molecule has 0 fully saturated rings. The summed E-state index contributed by atoms with van der Waals surface area (Å²) in [6, 6.07) is 11.4. The Morgan fingerprint density at radius 3 is 2.73 bits per heavy atom. The Labute approximate surface area is 131 Å². The van der Waals surface area contributed by atoms with E-state index in [0.717, 1.165) is 11.4 Å². The summed E-state index contributed by atoms with van der Waals surface area (Å²) in [6.07, 6.45) is 4.33. The zero-order chi connectivity index (χ0) is 15.8. The highest BCUT2D eigenvalue weighted by Crippen LogP contribution is 2.17. The van der Waals surface area contributed by atoms with Gasteiger partial charge in [-0.1, -0.05) is 18.2 Å². The Kier molecular flexibility index (Phi) is 5.89. The van der Waals surface area contributed by atoms with Gasteiger partial charge >= 0.3 is 0 Å². The zero-order valence-electron chi connectivity index (χ0n) is 13.0. The molecule has 0 saturated heterocycles. The molecule has 0 aliphatic heterocycles. The van der Waals surface area contributed by atoms with Gasteiger partial charge in [0.1, 0.15) is 12.1 Å². The fraction of sp³-hybridized carbons (Fsp3) is 0.353. The largest absolute Gasteiger partial charge is 0.494 e. The lowest BCUT2D eigenvalue weighted by molar-refractivity contribution is -0.132. The second-order valence-electron chi connectivity index (χ2n) is 5.08. The van der Waals surface area contributed by atoms with Crippen LogP contribution in [0.3, 0.4) is 0 Å². The molecule has 116 valence electrons. The van der Waals surface area contributed by atoms with Crippen LogP contribution in [0.4, 0.5) is 0 Å². The molecule has 0 bridgehead atoms. The van der Waals surface area contributed by atoms with E-state index in [9.17, 15) is 4.79 Å². The maximum atomic E-state index is 12.2. The SMILES string of the molecule is C[C@@H](c1ccncn1)N(C)C(=O)CCCOc1ccccc1. The standard InChI is InChI=1S/C17H21N3O2/c1-14(16-10-11-18-13-19-16)20(2)17(21)9-6-12-22-15-7-4-3-5-8-15/h3-5,7-8,10-11,13-14H,6,9,12H2,1-2H3/t14-/m0/s1. The van der Waals surface area contributed by atoms with Crippen molar-refractivity contribution in [3.63, 3.8) is 0 Å². The first-order valence-corrected chi connectivity index (χ1v) is 7.38. The van der Waals surface area contributed by atoms with Crippen LogP contribution in [0, 0.1) is 0 Å². The summed E-state index contributed by atoms with van der Waals surface area (Å²) < 4.78 is 5.59. The van der Waals surface area contributed by atoms with Gasteiger partial charge in [-0.3, -0.25) is 4.79 Å². The molecular weight excluding hydrogens is 278 g/mol. The van der Waals surface area contributed by atoms with Gasteiger partial charge in [0.25, 0.3) is 0 Å². The van der Waals surface area contributed by atoms with Gasteiger partial charge < -0.3 is 9.64 Å². The lowest BCUT2D eigenvalue weighted by Crippen LogP contribution is -2.30. The number of hydrogen-bond donors (Lipinski definition) is 0. The van der Waals surface area contributed by atoms with Crippen molar-refractivity contribution in [1.82, 2.24) is 14.9 Å². The van der Waals surface area contributed by atoms with Crippen molar-refractivity contribution in [3.05, 3.63) is 54.6 Å². The molecule has 22 heavy (non-hydrogen) atoms. The summed E-state index contributed by atoms with van der Waals surface area (Å²) in [7, 11) is 1.80. The molecular formula is C17H21N3O2. The van der Waals surface area contributed by atoms with Crippen LogP contribution in [0.25, 0.3) is 0 Å². The number of para-hydroxylation sites is 1. The lowest BCUT2D eigenvalue weighted by atomic mass is 10.2. The van der Waals surface area contributed by atoms with Crippen molar-refractivity contribution < 1.29 is 9.53 Å². The van der Waals surface area contributed by atoms with Gasteiger partial charge in [0, 0.05) is 19.7 Å². The Bertz CT molecular complexity index is 575. The quantitative estimate of drug-likeness (QED) is 0.738. The summed E-state index contributed by atoms with van der Waals surface area (Å²) in [4.78, 5) is 22.0. The maximum absolute atomic E-state index is 12.2. The van der Waals surface area contributed by atoms with Gasteiger partial charge in [-0.05, 0) is 31.5 Å². The topological polar surface area (TPSA) is 55.3 Å². The van der Waals surface area contributed by atoms with Crippen molar-refractivity contribution in [2.75, 3.05) is 13.7 Å². The monoisotopic (exact) mass is 299 g/mol. The highest BCUT2D eigenvalue weighted by Gasteiger charge is 2.17. The predicted octanol–water partition coefficient (Wildman–Crippen LogP) is 2.86. The smallest absolute Gasteiger partial charge is 0.222 e. The highest BCUT2D eigenvalue weighted by molar-refractivity contribution is 5.76. The number of rotatable bonds is 7. The number of nitrogens with zero attached hydrogens (tertiary/aromatic N) is 3. The molecule has 0 unspecified atom stereocenters. The predicted molar refractivity (Wildman–Crippen MR) is 84.4 cm³/mol. The number of aromatic nitrogens is 2. The fourth-order valence-corrected chi connectivity index (χ4v) is 2.07. The Balaban J connectivity index is 1.75. The molecule has 0 spiro atoms. The molecule has 0 saturated carbocycles. The average Bonchev–Trinajstić information content (AvgIpc) is 2.59. The van der Waals surface area contributed by atoms with E-state index in [1.165, 1.54) is 6.33 Å². The molecule has 1 aromatic carbocycles. The van der Waals surface area contributed by atoms with E-state index in [0.29, 0.717) is 19.4 Å². The molecule has 0 aliphatic rings. The van der Waals surface area contributed by atoms with Crippen LogP contribution >= 0.6 is 0 Å². The summed E-state index contributed by atoms with van der Waals surface area (Å²) in [5, 5.41) is 0. The van der Waals surface area contributed by atoms with E-state index in [2.05, 4.69) is 9.97 Å². The van der Waals surface area contributed by atoms with Gasteiger partial charge in [-0.25, -0.2) is 9.97 Å². The highest BCUT2D eigenvalue weighted by atomic mass is 16.5. The first kappa shape index (κ1) is 15.9. The van der Waals surface area contributed by atoms with Crippen LogP contribution in [0.2, 0.25) is 0 Å². The van der Waals surface area contributed by atoms with Gasteiger partial charge in [-0.15, -0.1) is 0 Å². The normalized spacial score (nSPS) is 11.7. The van der Waals surface area contributed by atoms with Crippen LogP contribution in [-0.2, 0) is 4.79 Å². The Morgan fingerprint density at radius 2 is 2.05 bits per heavy atom. The van der Waals surface area contributed by atoms with Gasteiger partial charge in [-0.2, -0.15) is 0 Å². The molecule has 2 rings (SSSR count). The van der Waals surface area contributed by atoms with E-state index in [1.54, 1.807) is 18.1 Å². The first-order valence-electron chi connectivity index (χ1n) is 7.38. The summed E-state index contributed by atoms with van der Waals surface area (Å²) in [6.45, 7) is 2.49. The third kappa shape index (κ3) is 4.55. The minimum Gasteiger partial charge on any atom is -0.494 e. The third-order valence-electron chi connectivity index (χ3n) is 3.55. The molecule has 1 amide bonds. The molecule has 1 atom stereocenters. The van der Waals surface area contributed by atoms with E-state index < -0.39 is 0 Å². The van der Waals surface area contributed by atoms with Crippen molar-refractivity contribution in [1.29, 1.82) is 0 Å². The molecule has 1 aromatic heterocycles. The summed E-state index contributed by atoms with van der Waals surface area (Å²) in [5.74, 6) is 0.917. The van der Waals surface area contributed by atoms with Crippen LogP contribution in [0.1, 0.15) is 31.5 Å². The number of ether oxygens (including phenoxy) is 1. The molecule has 5 nitrogen and oxygen atoms in total.